The summed E-state index contributed by atoms with van der Waals surface area (Å²) in [5, 5.41) is 0. The van der Waals surface area contributed by atoms with Gasteiger partial charge in [-0.05, 0) is 96.3 Å². The number of hydrogen-bond acceptors (Lipinski definition) is 6. The van der Waals surface area contributed by atoms with E-state index in [0.29, 0.717) is 19.3 Å². The summed E-state index contributed by atoms with van der Waals surface area (Å²) in [5.41, 5.74) is 0. The Bertz CT molecular complexity index is 1520. The zero-order valence-electron chi connectivity index (χ0n) is 53.1. The molecule has 6 nitrogen and oxygen atoms in total. The summed E-state index contributed by atoms with van der Waals surface area (Å²) >= 11 is 0. The van der Waals surface area contributed by atoms with E-state index in [1.807, 2.05) is 0 Å². The van der Waals surface area contributed by atoms with E-state index in [1.54, 1.807) is 0 Å². The zero-order valence-corrected chi connectivity index (χ0v) is 53.1. The summed E-state index contributed by atoms with van der Waals surface area (Å²) in [5.74, 6) is -0.873. The molecule has 6 heteroatoms. The van der Waals surface area contributed by atoms with Gasteiger partial charge in [0.05, 0.1) is 0 Å². The Balaban J connectivity index is 4.19. The lowest BCUT2D eigenvalue weighted by atomic mass is 10.0. The van der Waals surface area contributed by atoms with Gasteiger partial charge in [0.25, 0.3) is 0 Å². The van der Waals surface area contributed by atoms with Gasteiger partial charge in [0.15, 0.2) is 6.10 Å². The fourth-order valence-corrected chi connectivity index (χ4v) is 9.97. The molecule has 0 amide bonds. The Labute approximate surface area is 496 Å². The van der Waals surface area contributed by atoms with Crippen LogP contribution in [0.5, 0.6) is 0 Å². The minimum atomic E-state index is -0.781. The molecule has 0 aliphatic carbocycles. The van der Waals surface area contributed by atoms with Gasteiger partial charge in [0.1, 0.15) is 13.2 Å². The van der Waals surface area contributed by atoms with Gasteiger partial charge in [-0.3, -0.25) is 14.4 Å². The van der Waals surface area contributed by atoms with Crippen LogP contribution in [0.15, 0.2) is 85.1 Å². The molecule has 0 aliphatic heterocycles. The lowest BCUT2D eigenvalue weighted by molar-refractivity contribution is -0.167. The van der Waals surface area contributed by atoms with Crippen molar-refractivity contribution in [3.05, 3.63) is 85.1 Å². The van der Waals surface area contributed by atoms with Crippen molar-refractivity contribution in [2.24, 2.45) is 0 Å². The second-order valence-electron chi connectivity index (χ2n) is 23.1. The van der Waals surface area contributed by atoms with Gasteiger partial charge >= 0.3 is 17.9 Å². The molecule has 80 heavy (non-hydrogen) atoms. The Morgan fingerprint density at radius 1 is 0.263 bits per heavy atom. The van der Waals surface area contributed by atoms with Gasteiger partial charge in [-0.15, -0.1) is 0 Å². The summed E-state index contributed by atoms with van der Waals surface area (Å²) in [7, 11) is 0. The number of rotatable bonds is 63. The first-order valence-electron chi connectivity index (χ1n) is 34.6. The van der Waals surface area contributed by atoms with Gasteiger partial charge in [-0.25, -0.2) is 0 Å². The average molecular weight is 1120 g/mol. The van der Waals surface area contributed by atoms with Gasteiger partial charge < -0.3 is 14.2 Å². The summed E-state index contributed by atoms with van der Waals surface area (Å²) < 4.78 is 16.9. The van der Waals surface area contributed by atoms with Crippen molar-refractivity contribution in [1.82, 2.24) is 0 Å². The van der Waals surface area contributed by atoms with Crippen LogP contribution >= 0.6 is 0 Å². The van der Waals surface area contributed by atoms with E-state index in [4.69, 9.17) is 14.2 Å². The molecule has 1 unspecified atom stereocenters. The van der Waals surface area contributed by atoms with Gasteiger partial charge in [0.2, 0.25) is 0 Å². The first kappa shape index (κ1) is 76.6. The van der Waals surface area contributed by atoms with Crippen LogP contribution in [-0.2, 0) is 28.6 Å². The van der Waals surface area contributed by atoms with E-state index >= 15 is 0 Å². The molecule has 462 valence electrons. The molecule has 0 aliphatic rings. The van der Waals surface area contributed by atoms with Crippen molar-refractivity contribution in [3.8, 4) is 0 Å². The van der Waals surface area contributed by atoms with Crippen LogP contribution in [-0.4, -0.2) is 37.2 Å². The lowest BCUT2D eigenvalue weighted by Crippen LogP contribution is -2.30. The Morgan fingerprint density at radius 3 is 0.762 bits per heavy atom. The van der Waals surface area contributed by atoms with E-state index in [0.717, 1.165) is 103 Å². The molecule has 0 aromatic carbocycles. The largest absolute Gasteiger partial charge is 0.462 e. The van der Waals surface area contributed by atoms with Crippen molar-refractivity contribution >= 4 is 17.9 Å². The van der Waals surface area contributed by atoms with E-state index in [9.17, 15) is 14.4 Å². The highest BCUT2D eigenvalue weighted by Crippen LogP contribution is 2.17. The van der Waals surface area contributed by atoms with Gasteiger partial charge in [-0.2, -0.15) is 0 Å². The van der Waals surface area contributed by atoms with E-state index < -0.39 is 6.10 Å². The average Bonchev–Trinajstić information content (AvgIpc) is 3.46. The Kier molecular flexibility index (Phi) is 65.2. The number of unbranched alkanes of at least 4 members (excludes halogenated alkanes) is 38. The van der Waals surface area contributed by atoms with Crippen LogP contribution < -0.4 is 0 Å². The van der Waals surface area contributed by atoms with Crippen molar-refractivity contribution in [2.75, 3.05) is 13.2 Å². The van der Waals surface area contributed by atoms with Crippen molar-refractivity contribution in [2.45, 2.75) is 354 Å². The highest BCUT2D eigenvalue weighted by molar-refractivity contribution is 5.71. The van der Waals surface area contributed by atoms with Crippen LogP contribution in [0, 0.1) is 0 Å². The molecule has 0 radical (unpaired) electrons. The van der Waals surface area contributed by atoms with Crippen LogP contribution in [0.4, 0.5) is 0 Å². The third-order valence-electron chi connectivity index (χ3n) is 15.1. The minimum absolute atomic E-state index is 0.0773. The molecule has 0 rings (SSSR count). The molecular weight excluding hydrogens is 985 g/mol. The Morgan fingerprint density at radius 2 is 0.487 bits per heavy atom. The quantitative estimate of drug-likeness (QED) is 0.0261. The molecule has 0 aromatic rings. The first-order valence-corrected chi connectivity index (χ1v) is 34.6. The lowest BCUT2D eigenvalue weighted by Gasteiger charge is -2.18. The van der Waals surface area contributed by atoms with Gasteiger partial charge in [-0.1, -0.05) is 318 Å². The van der Waals surface area contributed by atoms with Crippen molar-refractivity contribution in [3.63, 3.8) is 0 Å². The molecule has 1 atom stereocenters. The van der Waals surface area contributed by atoms with Gasteiger partial charge in [0, 0.05) is 19.3 Å². The first-order chi connectivity index (χ1) is 39.5. The van der Waals surface area contributed by atoms with E-state index in [-0.39, 0.29) is 31.1 Å². The maximum atomic E-state index is 12.9. The third kappa shape index (κ3) is 65.4. The molecule has 0 bridgehead atoms. The maximum absolute atomic E-state index is 12.9. The summed E-state index contributed by atoms with van der Waals surface area (Å²) in [4.78, 5) is 38.3. The summed E-state index contributed by atoms with van der Waals surface area (Å²) in [6.07, 6.45) is 90.4. The predicted molar refractivity (Wildman–Crippen MR) is 348 cm³/mol. The molecule has 0 aromatic heterocycles. The SMILES string of the molecule is CC/C=C\C/C=C\C/C=C\C/C=C\C/C=C\CCCCCCCCCC(=O)OC(COC(=O)CCCCCCCCCCCC)COC(=O)CCCCCCCCCCCCCCCCCCC/C=C\C/C=C\CCCCCCC. The smallest absolute Gasteiger partial charge is 0.306 e. The fraction of sp³-hybridized carbons (Fsp3) is 0.770. The highest BCUT2D eigenvalue weighted by Gasteiger charge is 2.19. The molecule has 0 N–H and O–H groups in total. The van der Waals surface area contributed by atoms with Crippen LogP contribution in [0.25, 0.3) is 0 Å². The maximum Gasteiger partial charge on any atom is 0.306 e. The molecule has 0 saturated carbocycles. The monoisotopic (exact) mass is 1110 g/mol. The molecule has 0 fully saturated rings. The fourth-order valence-electron chi connectivity index (χ4n) is 9.97. The number of carbonyl (C=O) groups is 3. The number of esters is 3. The molecule has 0 spiro atoms. The van der Waals surface area contributed by atoms with Crippen LogP contribution in [0.2, 0.25) is 0 Å². The molecular formula is C74H130O6. The molecule has 0 heterocycles. The second kappa shape index (κ2) is 68.1. The number of ether oxygens (including phenoxy) is 3. The number of hydrogen-bond donors (Lipinski definition) is 0. The normalized spacial score (nSPS) is 12.6. The molecule has 0 saturated heterocycles. The number of carbonyl (C=O) groups excluding carboxylic acids is 3. The highest BCUT2D eigenvalue weighted by atomic mass is 16.6. The standard InChI is InChI=1S/C74H130O6/c1-4-7-10-13-16-19-22-24-26-28-30-32-34-35-36-37-38-39-41-42-44-46-48-50-52-55-58-61-64-67-73(76)79-70-71(69-78-72(75)66-63-60-57-54-21-18-15-12-9-6-3)80-74(77)68-65-62-59-56-53-51-49-47-45-43-40-33-31-29-27-25-23-20-17-14-11-8-5-2/h8,11,17,20,22,24-25,27-28,30-31,33,43,45,71H,4-7,9-10,12-16,18-19,21,23,26,29,32,34-42,44,46-70H2,1-3H3/b11-8-,20-17-,24-22-,27-25-,30-28-,33-31-,45-43-. The third-order valence-corrected chi connectivity index (χ3v) is 15.1. The summed E-state index contributed by atoms with van der Waals surface area (Å²) in [6.45, 7) is 6.54. The number of allylic oxidation sites excluding steroid dienone is 14. The van der Waals surface area contributed by atoms with Crippen molar-refractivity contribution < 1.29 is 28.6 Å². The summed E-state index contributed by atoms with van der Waals surface area (Å²) in [6, 6.07) is 0. The van der Waals surface area contributed by atoms with Crippen molar-refractivity contribution in [1.29, 1.82) is 0 Å². The van der Waals surface area contributed by atoms with Crippen LogP contribution in [0.3, 0.4) is 0 Å². The van der Waals surface area contributed by atoms with Crippen LogP contribution in [0.1, 0.15) is 348 Å². The minimum Gasteiger partial charge on any atom is -0.462 e. The predicted octanol–water partition coefficient (Wildman–Crippen LogP) is 23.8. The Hall–Kier alpha value is -3.41. The second-order valence-corrected chi connectivity index (χ2v) is 23.1. The topological polar surface area (TPSA) is 78.9 Å². The van der Waals surface area contributed by atoms with E-state index in [1.165, 1.54) is 205 Å². The zero-order chi connectivity index (χ0) is 57.8. The van der Waals surface area contributed by atoms with E-state index in [2.05, 4.69) is 106 Å².